The Kier molecular flexibility index (Phi) is 5.25. The first-order valence-corrected chi connectivity index (χ1v) is 10.6. The van der Waals surface area contributed by atoms with E-state index >= 15 is 0 Å². The van der Waals surface area contributed by atoms with E-state index in [0.29, 0.717) is 19.5 Å². The molecule has 6 nitrogen and oxygen atoms in total. The van der Waals surface area contributed by atoms with E-state index in [1.807, 2.05) is 42.5 Å². The Labute approximate surface area is 185 Å². The first kappa shape index (κ1) is 19.8. The van der Waals surface area contributed by atoms with Gasteiger partial charge < -0.3 is 10.2 Å². The van der Waals surface area contributed by atoms with E-state index in [9.17, 15) is 9.59 Å². The van der Waals surface area contributed by atoms with Crippen LogP contribution in [0, 0.1) is 0 Å². The van der Waals surface area contributed by atoms with Gasteiger partial charge in [-0.1, -0.05) is 72.8 Å². The molecule has 158 valence electrons. The van der Waals surface area contributed by atoms with Crippen molar-refractivity contribution >= 4 is 11.7 Å². The summed E-state index contributed by atoms with van der Waals surface area (Å²) in [6.07, 6.45) is 0.613. The molecule has 1 aliphatic rings. The number of aromatic amines is 1. The second-order valence-electron chi connectivity index (χ2n) is 7.79. The summed E-state index contributed by atoms with van der Waals surface area (Å²) in [7, 11) is 0. The summed E-state index contributed by atoms with van der Waals surface area (Å²) in [5, 5.41) is 9.59. The Hall–Kier alpha value is -4.19. The van der Waals surface area contributed by atoms with E-state index < -0.39 is 0 Å². The monoisotopic (exact) mass is 422 g/mol. The fourth-order valence-corrected chi connectivity index (χ4v) is 4.03. The molecule has 0 aliphatic carbocycles. The first-order valence-electron chi connectivity index (χ1n) is 10.6. The van der Waals surface area contributed by atoms with Gasteiger partial charge in [0, 0.05) is 36.7 Å². The number of rotatable bonds is 3. The summed E-state index contributed by atoms with van der Waals surface area (Å²) in [5.74, 6) is 0. The molecule has 0 saturated carbocycles. The highest BCUT2D eigenvalue weighted by Gasteiger charge is 2.22. The van der Waals surface area contributed by atoms with Gasteiger partial charge in [-0.25, -0.2) is 9.89 Å². The maximum absolute atomic E-state index is 13.0. The van der Waals surface area contributed by atoms with Crippen LogP contribution < -0.4 is 10.9 Å². The van der Waals surface area contributed by atoms with Gasteiger partial charge >= 0.3 is 6.03 Å². The number of fused-ring (bicyclic) bond motifs is 1. The van der Waals surface area contributed by atoms with Gasteiger partial charge in [0.15, 0.2) is 0 Å². The minimum absolute atomic E-state index is 0.190. The van der Waals surface area contributed by atoms with Gasteiger partial charge in [-0.3, -0.25) is 4.79 Å². The molecular formula is C26H22N4O2. The van der Waals surface area contributed by atoms with Crippen molar-refractivity contribution in [2.45, 2.75) is 13.0 Å². The molecule has 1 aliphatic heterocycles. The summed E-state index contributed by atoms with van der Waals surface area (Å²) in [6.45, 7) is 0.915. The molecule has 0 saturated heterocycles. The molecule has 2 N–H and O–H groups in total. The third-order valence-corrected chi connectivity index (χ3v) is 5.72. The van der Waals surface area contributed by atoms with Crippen LogP contribution in [0.1, 0.15) is 11.3 Å². The summed E-state index contributed by atoms with van der Waals surface area (Å²) in [4.78, 5) is 26.3. The Bertz CT molecular complexity index is 1310. The van der Waals surface area contributed by atoms with Gasteiger partial charge in [0.1, 0.15) is 0 Å². The van der Waals surface area contributed by atoms with E-state index in [0.717, 1.165) is 33.6 Å². The van der Waals surface area contributed by atoms with Gasteiger partial charge in [0.05, 0.1) is 11.4 Å². The lowest BCUT2D eigenvalue weighted by Gasteiger charge is -2.28. The topological polar surface area (TPSA) is 78.1 Å². The first-order chi connectivity index (χ1) is 15.7. The SMILES string of the molecule is O=C(Nc1ccccc1-c1ccc(-c2ccccc2)cc1)N1CCc2n[nH]c(=O)cc2C1. The van der Waals surface area contributed by atoms with Gasteiger partial charge in [-0.2, -0.15) is 5.10 Å². The molecule has 2 amide bonds. The van der Waals surface area contributed by atoms with Crippen LogP contribution in [0.15, 0.2) is 89.7 Å². The number of anilines is 1. The molecule has 0 unspecified atom stereocenters. The van der Waals surface area contributed by atoms with E-state index in [1.165, 1.54) is 11.6 Å². The molecule has 0 atom stereocenters. The number of aromatic nitrogens is 2. The average molecular weight is 422 g/mol. The Morgan fingerprint density at radius 2 is 1.56 bits per heavy atom. The smallest absolute Gasteiger partial charge is 0.320 e. The zero-order chi connectivity index (χ0) is 21.9. The number of para-hydroxylation sites is 1. The summed E-state index contributed by atoms with van der Waals surface area (Å²) < 4.78 is 0. The van der Waals surface area contributed by atoms with Crippen molar-refractivity contribution in [2.75, 3.05) is 11.9 Å². The second kappa shape index (κ2) is 8.51. The van der Waals surface area contributed by atoms with Crippen LogP contribution in [-0.2, 0) is 13.0 Å². The van der Waals surface area contributed by atoms with E-state index in [4.69, 9.17) is 0 Å². The highest BCUT2D eigenvalue weighted by Crippen LogP contribution is 2.30. The molecule has 2 heterocycles. The Balaban J connectivity index is 1.36. The fraction of sp³-hybridized carbons (Fsp3) is 0.115. The van der Waals surface area contributed by atoms with Crippen LogP contribution in [0.25, 0.3) is 22.3 Å². The average Bonchev–Trinajstić information content (AvgIpc) is 2.84. The molecule has 4 aromatic rings. The maximum Gasteiger partial charge on any atom is 0.322 e. The van der Waals surface area contributed by atoms with Crippen molar-refractivity contribution in [3.05, 3.63) is 107 Å². The number of urea groups is 1. The van der Waals surface area contributed by atoms with Crippen molar-refractivity contribution < 1.29 is 4.79 Å². The van der Waals surface area contributed by atoms with Crippen molar-refractivity contribution in [3.63, 3.8) is 0 Å². The zero-order valence-electron chi connectivity index (χ0n) is 17.4. The Morgan fingerprint density at radius 3 is 2.38 bits per heavy atom. The Morgan fingerprint density at radius 1 is 0.875 bits per heavy atom. The lowest BCUT2D eigenvalue weighted by Crippen LogP contribution is -2.40. The van der Waals surface area contributed by atoms with Crippen molar-refractivity contribution in [1.29, 1.82) is 0 Å². The molecule has 1 aromatic heterocycles. The summed E-state index contributed by atoms with van der Waals surface area (Å²) in [5.41, 5.74) is 6.42. The number of hydrogen-bond donors (Lipinski definition) is 2. The number of benzene rings is 3. The number of H-pyrrole nitrogens is 1. The normalized spacial score (nSPS) is 12.8. The van der Waals surface area contributed by atoms with Crippen LogP contribution in [0.5, 0.6) is 0 Å². The predicted octanol–water partition coefficient (Wildman–Crippen LogP) is 4.69. The van der Waals surface area contributed by atoms with Crippen molar-refractivity contribution in [1.82, 2.24) is 15.1 Å². The number of nitrogens with one attached hydrogen (secondary N) is 2. The lowest BCUT2D eigenvalue weighted by molar-refractivity contribution is 0.205. The number of carbonyl (C=O) groups excluding carboxylic acids is 1. The van der Waals surface area contributed by atoms with Gasteiger partial charge in [-0.15, -0.1) is 0 Å². The van der Waals surface area contributed by atoms with Gasteiger partial charge in [-0.05, 0) is 22.8 Å². The molecule has 5 rings (SSSR count). The molecule has 3 aromatic carbocycles. The van der Waals surface area contributed by atoms with Crippen molar-refractivity contribution in [2.24, 2.45) is 0 Å². The zero-order valence-corrected chi connectivity index (χ0v) is 17.4. The van der Waals surface area contributed by atoms with E-state index in [-0.39, 0.29) is 11.6 Å². The molecule has 0 spiro atoms. The van der Waals surface area contributed by atoms with Crippen LogP contribution in [0.4, 0.5) is 10.5 Å². The van der Waals surface area contributed by atoms with Gasteiger partial charge in [0.25, 0.3) is 5.56 Å². The highest BCUT2D eigenvalue weighted by atomic mass is 16.2. The standard InChI is InChI=1S/C26H22N4O2/c31-25-16-21-17-30(15-14-23(21)28-29-25)26(32)27-24-9-5-4-8-22(24)20-12-10-19(11-13-20)18-6-2-1-3-7-18/h1-13,16H,14-15,17H2,(H,27,32)(H,29,31). The third-order valence-electron chi connectivity index (χ3n) is 5.72. The minimum Gasteiger partial charge on any atom is -0.320 e. The number of amides is 2. The van der Waals surface area contributed by atoms with Gasteiger partial charge in [0.2, 0.25) is 0 Å². The molecule has 6 heteroatoms. The van der Waals surface area contributed by atoms with Crippen LogP contribution in [0.2, 0.25) is 0 Å². The fourth-order valence-electron chi connectivity index (χ4n) is 4.03. The number of hydrogen-bond acceptors (Lipinski definition) is 3. The quantitative estimate of drug-likeness (QED) is 0.503. The largest absolute Gasteiger partial charge is 0.322 e. The molecule has 0 bridgehead atoms. The van der Waals surface area contributed by atoms with Crippen molar-refractivity contribution in [3.8, 4) is 22.3 Å². The maximum atomic E-state index is 13.0. The van der Waals surface area contributed by atoms with E-state index in [1.54, 1.807) is 4.90 Å². The molecule has 32 heavy (non-hydrogen) atoms. The minimum atomic E-state index is -0.254. The predicted molar refractivity (Wildman–Crippen MR) is 125 cm³/mol. The van der Waals surface area contributed by atoms with Crippen LogP contribution in [-0.4, -0.2) is 27.7 Å². The molecule has 0 radical (unpaired) electrons. The van der Waals surface area contributed by atoms with E-state index in [2.05, 4.69) is 51.9 Å². The third kappa shape index (κ3) is 4.03. The lowest BCUT2D eigenvalue weighted by atomic mass is 9.99. The summed E-state index contributed by atoms with van der Waals surface area (Å²) in [6, 6.07) is 27.7. The van der Waals surface area contributed by atoms with Crippen LogP contribution in [0.3, 0.4) is 0 Å². The molecular weight excluding hydrogens is 400 g/mol. The highest BCUT2D eigenvalue weighted by molar-refractivity contribution is 5.94. The summed E-state index contributed by atoms with van der Waals surface area (Å²) >= 11 is 0. The number of nitrogens with zero attached hydrogens (tertiary/aromatic N) is 2. The van der Waals surface area contributed by atoms with Crippen LogP contribution >= 0.6 is 0 Å². The molecule has 0 fully saturated rings. The second-order valence-corrected chi connectivity index (χ2v) is 7.79. The number of carbonyl (C=O) groups is 1.